The average Bonchev–Trinajstić information content (AvgIpc) is 3.38. The summed E-state index contributed by atoms with van der Waals surface area (Å²) >= 11 is 0. The minimum atomic E-state index is -1.58. The smallest absolute Gasteiger partial charge is 0.305 e. The molecule has 0 aromatic heterocycles. The number of aliphatic hydroxyl groups is 5. The second kappa shape index (κ2) is 51.3. The highest BCUT2D eigenvalue weighted by Crippen LogP contribution is 2.23. The SMILES string of the molecule is CCCCCCCC/C=C/CC/C=C/C(O)C(COC1OC(CO)C(O)C(O)C1O)NC(=O)CCCCCCCCCCCCCCCCCCCCCCCOC(=O)CCCCCCCCCCCCC. The minimum Gasteiger partial charge on any atom is -0.466 e. The summed E-state index contributed by atoms with van der Waals surface area (Å²) in [4.78, 5) is 25.0. The third-order valence-electron chi connectivity index (χ3n) is 14.6. The number of allylic oxidation sites excluding steroid dienone is 3. The van der Waals surface area contributed by atoms with Gasteiger partial charge in [0.2, 0.25) is 5.91 Å². The molecular formula is C61H115NO10. The van der Waals surface area contributed by atoms with Gasteiger partial charge in [0.25, 0.3) is 0 Å². The van der Waals surface area contributed by atoms with Crippen molar-refractivity contribution in [2.24, 2.45) is 0 Å². The minimum absolute atomic E-state index is 0.00180. The number of amides is 1. The molecule has 1 fully saturated rings. The van der Waals surface area contributed by atoms with Crippen LogP contribution in [0.2, 0.25) is 0 Å². The fraction of sp³-hybridized carbons (Fsp3) is 0.902. The summed E-state index contributed by atoms with van der Waals surface area (Å²) in [5, 5.41) is 54.3. The molecule has 1 aliphatic rings. The van der Waals surface area contributed by atoms with Gasteiger partial charge in [-0.2, -0.15) is 0 Å². The fourth-order valence-electron chi connectivity index (χ4n) is 9.69. The zero-order valence-corrected chi connectivity index (χ0v) is 46.7. The monoisotopic (exact) mass is 1020 g/mol. The maximum absolute atomic E-state index is 13.0. The van der Waals surface area contributed by atoms with Gasteiger partial charge in [-0.1, -0.05) is 256 Å². The van der Waals surface area contributed by atoms with Crippen LogP contribution in [0.5, 0.6) is 0 Å². The Morgan fingerprint density at radius 1 is 0.500 bits per heavy atom. The summed E-state index contributed by atoms with van der Waals surface area (Å²) in [5.74, 6) is -0.194. The van der Waals surface area contributed by atoms with Crippen LogP contribution in [0.15, 0.2) is 24.3 Å². The van der Waals surface area contributed by atoms with E-state index in [4.69, 9.17) is 14.2 Å². The van der Waals surface area contributed by atoms with Crippen molar-refractivity contribution in [1.29, 1.82) is 0 Å². The van der Waals surface area contributed by atoms with Crippen molar-refractivity contribution < 1.29 is 49.3 Å². The van der Waals surface area contributed by atoms with Crippen molar-refractivity contribution in [3.8, 4) is 0 Å². The van der Waals surface area contributed by atoms with Gasteiger partial charge in [0.15, 0.2) is 6.29 Å². The van der Waals surface area contributed by atoms with Crippen molar-refractivity contribution in [3.05, 3.63) is 24.3 Å². The van der Waals surface area contributed by atoms with Gasteiger partial charge in [0.1, 0.15) is 24.4 Å². The Kier molecular flexibility index (Phi) is 48.5. The number of ether oxygens (including phenoxy) is 3. The molecular weight excluding hydrogens is 907 g/mol. The number of esters is 1. The van der Waals surface area contributed by atoms with Crippen LogP contribution in [0.25, 0.3) is 0 Å². The number of carbonyl (C=O) groups is 2. The Morgan fingerprint density at radius 2 is 0.903 bits per heavy atom. The van der Waals surface area contributed by atoms with Gasteiger partial charge in [0.05, 0.1) is 32.0 Å². The van der Waals surface area contributed by atoms with Gasteiger partial charge in [0, 0.05) is 12.8 Å². The van der Waals surface area contributed by atoms with E-state index in [-0.39, 0.29) is 18.5 Å². The summed E-state index contributed by atoms with van der Waals surface area (Å²) < 4.78 is 16.7. The summed E-state index contributed by atoms with van der Waals surface area (Å²) in [6, 6.07) is -0.827. The molecule has 11 heteroatoms. The molecule has 6 N–H and O–H groups in total. The number of carbonyl (C=O) groups excluding carboxylic acids is 2. The molecule has 0 aromatic carbocycles. The summed E-state index contributed by atoms with van der Waals surface area (Å²) in [6.45, 7) is 4.32. The molecule has 0 saturated carbocycles. The third-order valence-corrected chi connectivity index (χ3v) is 14.6. The zero-order valence-electron chi connectivity index (χ0n) is 46.7. The first-order valence-corrected chi connectivity index (χ1v) is 30.6. The standard InChI is InChI=1S/C61H115NO10/c1-3-5-7-9-11-13-15-28-31-35-39-43-47-54(64)53(52-71-61-60(69)59(68)58(67)55(51-63)72-61)62-56(65)48-44-40-36-32-29-25-23-21-19-17-16-18-20-22-24-26-30-34-38-42-46-50-70-57(66)49-45-41-37-33-27-14-12-10-8-6-4-2/h28,31,43,47,53-55,58-61,63-64,67-69H,3-27,29-30,32-42,44-46,48-52H2,1-2H3,(H,62,65)/b31-28+,47-43+. The molecule has 1 rings (SSSR count). The van der Waals surface area contributed by atoms with Crippen LogP contribution >= 0.6 is 0 Å². The van der Waals surface area contributed by atoms with Crippen LogP contribution in [0.1, 0.15) is 290 Å². The Balaban J connectivity index is 2.05. The van der Waals surface area contributed by atoms with E-state index < -0.39 is 49.5 Å². The van der Waals surface area contributed by atoms with E-state index in [0.29, 0.717) is 19.4 Å². The number of aliphatic hydroxyl groups excluding tert-OH is 5. The second-order valence-corrected chi connectivity index (χ2v) is 21.4. The molecule has 1 saturated heterocycles. The van der Waals surface area contributed by atoms with Gasteiger partial charge in [-0.05, 0) is 44.9 Å². The first-order chi connectivity index (χ1) is 35.2. The summed E-state index contributed by atoms with van der Waals surface area (Å²) in [5.41, 5.74) is 0. The highest BCUT2D eigenvalue weighted by molar-refractivity contribution is 5.76. The molecule has 7 atom stereocenters. The van der Waals surface area contributed by atoms with E-state index in [1.807, 2.05) is 6.08 Å². The van der Waals surface area contributed by atoms with Gasteiger partial charge < -0.3 is 45.1 Å². The zero-order chi connectivity index (χ0) is 52.4. The van der Waals surface area contributed by atoms with Crippen LogP contribution in [0, 0.1) is 0 Å². The molecule has 0 aliphatic carbocycles. The highest BCUT2D eigenvalue weighted by Gasteiger charge is 2.44. The van der Waals surface area contributed by atoms with Crippen molar-refractivity contribution in [2.75, 3.05) is 19.8 Å². The Bertz CT molecular complexity index is 1250. The normalized spacial score (nSPS) is 19.1. The third kappa shape index (κ3) is 40.5. The first-order valence-electron chi connectivity index (χ1n) is 30.6. The Morgan fingerprint density at radius 3 is 1.38 bits per heavy atom. The van der Waals surface area contributed by atoms with Crippen LogP contribution < -0.4 is 5.32 Å². The van der Waals surface area contributed by atoms with Crippen molar-refractivity contribution in [1.82, 2.24) is 5.32 Å². The van der Waals surface area contributed by atoms with Gasteiger partial charge in [-0.15, -0.1) is 0 Å². The van der Waals surface area contributed by atoms with Crippen molar-refractivity contribution in [3.63, 3.8) is 0 Å². The summed E-state index contributed by atoms with van der Waals surface area (Å²) in [6.07, 6.45) is 51.3. The highest BCUT2D eigenvalue weighted by atomic mass is 16.7. The molecule has 1 heterocycles. The lowest BCUT2D eigenvalue weighted by Crippen LogP contribution is -2.60. The summed E-state index contributed by atoms with van der Waals surface area (Å²) in [7, 11) is 0. The lowest BCUT2D eigenvalue weighted by Gasteiger charge is -2.40. The van der Waals surface area contributed by atoms with Crippen LogP contribution in [0.3, 0.4) is 0 Å². The van der Waals surface area contributed by atoms with Gasteiger partial charge >= 0.3 is 5.97 Å². The number of rotatable bonds is 53. The maximum atomic E-state index is 13.0. The quantitative estimate of drug-likeness (QED) is 0.0195. The Hall–Kier alpha value is -1.86. The lowest BCUT2D eigenvalue weighted by molar-refractivity contribution is -0.302. The topological polar surface area (TPSA) is 175 Å². The van der Waals surface area contributed by atoms with E-state index in [1.54, 1.807) is 6.08 Å². The Labute approximate surface area is 441 Å². The van der Waals surface area contributed by atoms with Gasteiger partial charge in [-0.3, -0.25) is 9.59 Å². The van der Waals surface area contributed by atoms with E-state index in [2.05, 4.69) is 31.3 Å². The van der Waals surface area contributed by atoms with E-state index in [1.165, 1.54) is 205 Å². The van der Waals surface area contributed by atoms with Crippen LogP contribution in [-0.2, 0) is 23.8 Å². The molecule has 7 unspecified atom stereocenters. The van der Waals surface area contributed by atoms with Crippen molar-refractivity contribution >= 4 is 11.9 Å². The van der Waals surface area contributed by atoms with Crippen LogP contribution in [0.4, 0.5) is 0 Å². The molecule has 11 nitrogen and oxygen atoms in total. The molecule has 1 amide bonds. The number of unbranched alkanes of at least 4 members (excludes halogenated alkanes) is 37. The lowest BCUT2D eigenvalue weighted by atomic mass is 9.99. The largest absolute Gasteiger partial charge is 0.466 e. The maximum Gasteiger partial charge on any atom is 0.305 e. The molecule has 0 spiro atoms. The van der Waals surface area contributed by atoms with Crippen LogP contribution in [-0.4, -0.2) is 100 Å². The predicted octanol–water partition coefficient (Wildman–Crippen LogP) is 14.1. The number of nitrogens with one attached hydrogen (secondary N) is 1. The van der Waals surface area contributed by atoms with Gasteiger partial charge in [-0.25, -0.2) is 0 Å². The molecule has 1 aliphatic heterocycles. The second-order valence-electron chi connectivity index (χ2n) is 21.4. The first kappa shape index (κ1) is 68.2. The van der Waals surface area contributed by atoms with Crippen molar-refractivity contribution in [2.45, 2.75) is 333 Å². The molecule has 0 aromatic rings. The molecule has 72 heavy (non-hydrogen) atoms. The fourth-order valence-corrected chi connectivity index (χ4v) is 9.69. The van der Waals surface area contributed by atoms with E-state index in [0.717, 1.165) is 57.8 Å². The van der Waals surface area contributed by atoms with E-state index >= 15 is 0 Å². The average molecular weight is 1020 g/mol. The molecule has 0 bridgehead atoms. The number of hydrogen-bond acceptors (Lipinski definition) is 10. The predicted molar refractivity (Wildman–Crippen MR) is 297 cm³/mol. The number of hydrogen-bond donors (Lipinski definition) is 6. The molecule has 424 valence electrons. The molecule has 0 radical (unpaired) electrons. The van der Waals surface area contributed by atoms with E-state index in [9.17, 15) is 35.1 Å².